The van der Waals surface area contributed by atoms with Crippen molar-refractivity contribution in [2.24, 2.45) is 0 Å². The zero-order chi connectivity index (χ0) is 17.0. The van der Waals surface area contributed by atoms with Gasteiger partial charge in [-0.3, -0.25) is 0 Å². The van der Waals surface area contributed by atoms with Crippen molar-refractivity contribution in [1.82, 2.24) is 5.32 Å². The van der Waals surface area contributed by atoms with Crippen molar-refractivity contribution in [2.75, 3.05) is 11.5 Å². The molecule has 6 nitrogen and oxygen atoms in total. The molecule has 0 aromatic carbocycles. The first-order chi connectivity index (χ1) is 9.98. The van der Waals surface area contributed by atoms with Gasteiger partial charge in [-0.25, -0.2) is 9.59 Å². The van der Waals surface area contributed by atoms with E-state index >= 15 is 0 Å². The van der Waals surface area contributed by atoms with Crippen molar-refractivity contribution in [3.63, 3.8) is 0 Å². The molecule has 0 aliphatic carbocycles. The number of carbonyl (C=O) groups is 2. The van der Waals surface area contributed by atoms with Crippen LogP contribution in [0.5, 0.6) is 0 Å². The first-order valence-electron chi connectivity index (χ1n) is 7.46. The molecule has 1 rings (SSSR count). The SMILES string of the molecule is CC(C)(C)OC(=O)NC(CSCC1CCC(C)(C)O1)C(=O)O. The fraction of sp³-hybridized carbons (Fsp3) is 0.867. The predicted molar refractivity (Wildman–Crippen MR) is 86.3 cm³/mol. The molecule has 0 bridgehead atoms. The van der Waals surface area contributed by atoms with Crippen molar-refractivity contribution in [1.29, 1.82) is 0 Å². The summed E-state index contributed by atoms with van der Waals surface area (Å²) in [7, 11) is 0. The van der Waals surface area contributed by atoms with Crippen LogP contribution in [0.2, 0.25) is 0 Å². The van der Waals surface area contributed by atoms with E-state index in [1.54, 1.807) is 20.8 Å². The highest BCUT2D eigenvalue weighted by molar-refractivity contribution is 7.99. The lowest BCUT2D eigenvalue weighted by Gasteiger charge is -2.22. The lowest BCUT2D eigenvalue weighted by molar-refractivity contribution is -0.138. The number of amides is 1. The first-order valence-corrected chi connectivity index (χ1v) is 8.62. The molecule has 22 heavy (non-hydrogen) atoms. The summed E-state index contributed by atoms with van der Waals surface area (Å²) < 4.78 is 10.9. The fourth-order valence-electron chi connectivity index (χ4n) is 2.14. The Morgan fingerprint density at radius 1 is 1.45 bits per heavy atom. The van der Waals surface area contributed by atoms with E-state index in [4.69, 9.17) is 9.47 Å². The Bertz CT molecular complexity index is 405. The molecule has 2 N–H and O–H groups in total. The van der Waals surface area contributed by atoms with Gasteiger partial charge in [0.2, 0.25) is 0 Å². The zero-order valence-corrected chi connectivity index (χ0v) is 14.8. The van der Waals surface area contributed by atoms with Crippen LogP contribution in [0.3, 0.4) is 0 Å². The van der Waals surface area contributed by atoms with Crippen LogP contribution in [0.15, 0.2) is 0 Å². The number of carboxylic acid groups (broad SMARTS) is 1. The molecule has 0 spiro atoms. The Morgan fingerprint density at radius 2 is 2.09 bits per heavy atom. The molecular weight excluding hydrogens is 306 g/mol. The van der Waals surface area contributed by atoms with Crippen LogP contribution < -0.4 is 5.32 Å². The van der Waals surface area contributed by atoms with Crippen molar-refractivity contribution in [3.8, 4) is 0 Å². The molecule has 1 aliphatic heterocycles. The summed E-state index contributed by atoms with van der Waals surface area (Å²) in [5.74, 6) is -0.0519. The van der Waals surface area contributed by atoms with E-state index in [2.05, 4.69) is 19.2 Å². The smallest absolute Gasteiger partial charge is 0.408 e. The van der Waals surface area contributed by atoms with E-state index < -0.39 is 23.7 Å². The van der Waals surface area contributed by atoms with Gasteiger partial charge in [-0.05, 0) is 47.5 Å². The van der Waals surface area contributed by atoms with Gasteiger partial charge in [0, 0.05) is 11.5 Å². The van der Waals surface area contributed by atoms with E-state index in [1.807, 2.05) is 0 Å². The second-order valence-electron chi connectivity index (χ2n) is 7.11. The van der Waals surface area contributed by atoms with E-state index in [9.17, 15) is 14.7 Å². The molecule has 0 saturated carbocycles. The molecule has 1 saturated heterocycles. The summed E-state index contributed by atoms with van der Waals surface area (Å²) in [4.78, 5) is 22.9. The quantitative estimate of drug-likeness (QED) is 0.777. The molecule has 0 radical (unpaired) electrons. The molecule has 1 fully saturated rings. The van der Waals surface area contributed by atoms with Gasteiger partial charge < -0.3 is 19.9 Å². The minimum Gasteiger partial charge on any atom is -0.480 e. The van der Waals surface area contributed by atoms with Crippen LogP contribution in [-0.4, -0.2) is 52.0 Å². The molecule has 1 aliphatic rings. The van der Waals surface area contributed by atoms with Crippen LogP contribution >= 0.6 is 11.8 Å². The number of nitrogens with one attached hydrogen (secondary N) is 1. The summed E-state index contributed by atoms with van der Waals surface area (Å²) in [6, 6.07) is -0.964. The number of rotatable bonds is 6. The summed E-state index contributed by atoms with van der Waals surface area (Å²) in [5.41, 5.74) is -0.740. The van der Waals surface area contributed by atoms with Crippen LogP contribution in [-0.2, 0) is 14.3 Å². The third kappa shape index (κ3) is 7.35. The number of carbonyl (C=O) groups excluding carboxylic acids is 1. The molecule has 2 unspecified atom stereocenters. The third-order valence-electron chi connectivity index (χ3n) is 3.13. The second kappa shape index (κ2) is 7.55. The van der Waals surface area contributed by atoms with Crippen LogP contribution in [0.25, 0.3) is 0 Å². The zero-order valence-electron chi connectivity index (χ0n) is 14.0. The van der Waals surface area contributed by atoms with E-state index in [-0.39, 0.29) is 17.5 Å². The van der Waals surface area contributed by atoms with Crippen molar-refractivity contribution in [3.05, 3.63) is 0 Å². The minimum atomic E-state index is -1.06. The predicted octanol–water partition coefficient (Wildman–Crippen LogP) is 2.66. The number of aliphatic carboxylic acids is 1. The molecular formula is C15H27NO5S. The largest absolute Gasteiger partial charge is 0.480 e. The van der Waals surface area contributed by atoms with Gasteiger partial charge in [0.15, 0.2) is 0 Å². The average molecular weight is 333 g/mol. The topological polar surface area (TPSA) is 84.9 Å². The molecule has 7 heteroatoms. The number of ether oxygens (including phenoxy) is 2. The van der Waals surface area contributed by atoms with E-state index in [1.165, 1.54) is 11.8 Å². The van der Waals surface area contributed by atoms with Crippen LogP contribution in [0.1, 0.15) is 47.5 Å². The van der Waals surface area contributed by atoms with E-state index in [0.717, 1.165) is 18.6 Å². The maximum atomic E-state index is 11.6. The van der Waals surface area contributed by atoms with Crippen LogP contribution in [0.4, 0.5) is 4.79 Å². The normalized spacial score (nSPS) is 22.1. The van der Waals surface area contributed by atoms with Crippen molar-refractivity contribution >= 4 is 23.8 Å². The number of hydrogen-bond acceptors (Lipinski definition) is 5. The Morgan fingerprint density at radius 3 is 2.55 bits per heavy atom. The molecule has 1 amide bonds. The van der Waals surface area contributed by atoms with Gasteiger partial charge in [-0.15, -0.1) is 0 Å². The van der Waals surface area contributed by atoms with Gasteiger partial charge in [-0.1, -0.05) is 0 Å². The first kappa shape index (κ1) is 19.1. The van der Waals surface area contributed by atoms with Crippen molar-refractivity contribution in [2.45, 2.75) is 70.8 Å². The summed E-state index contributed by atoms with van der Waals surface area (Å²) >= 11 is 1.47. The van der Waals surface area contributed by atoms with Gasteiger partial charge in [0.05, 0.1) is 11.7 Å². The minimum absolute atomic E-state index is 0.0911. The highest BCUT2D eigenvalue weighted by atomic mass is 32.2. The Hall–Kier alpha value is -0.950. The number of alkyl carbamates (subject to hydrolysis) is 1. The van der Waals surface area contributed by atoms with Crippen LogP contribution in [0, 0.1) is 0 Å². The van der Waals surface area contributed by atoms with Gasteiger partial charge >= 0.3 is 12.1 Å². The fourth-order valence-corrected chi connectivity index (χ4v) is 3.23. The van der Waals surface area contributed by atoms with Gasteiger partial charge in [0.1, 0.15) is 11.6 Å². The summed E-state index contributed by atoms with van der Waals surface area (Å²) in [5, 5.41) is 11.6. The highest BCUT2D eigenvalue weighted by Crippen LogP contribution is 2.31. The lowest BCUT2D eigenvalue weighted by Crippen LogP contribution is -2.45. The Labute approximate surface area is 136 Å². The molecule has 0 aromatic heterocycles. The van der Waals surface area contributed by atoms with Gasteiger partial charge in [-0.2, -0.15) is 11.8 Å². The standard InChI is InChI=1S/C15H27NO5S/c1-14(2,3)21-13(19)16-11(12(17)18)9-22-8-10-6-7-15(4,5)20-10/h10-11H,6-9H2,1-5H3,(H,16,19)(H,17,18). The molecule has 0 aromatic rings. The van der Waals surface area contributed by atoms with Gasteiger partial charge in [0.25, 0.3) is 0 Å². The second-order valence-corrected chi connectivity index (χ2v) is 8.19. The Balaban J connectivity index is 2.36. The number of thioether (sulfide) groups is 1. The average Bonchev–Trinajstić information content (AvgIpc) is 2.65. The maximum Gasteiger partial charge on any atom is 0.408 e. The van der Waals surface area contributed by atoms with Crippen molar-refractivity contribution < 1.29 is 24.2 Å². The van der Waals surface area contributed by atoms with E-state index in [0.29, 0.717) is 0 Å². The lowest BCUT2D eigenvalue weighted by atomic mass is 10.1. The maximum absolute atomic E-state index is 11.6. The summed E-state index contributed by atoms with van der Waals surface area (Å²) in [6.07, 6.45) is 1.43. The monoisotopic (exact) mass is 333 g/mol. The highest BCUT2D eigenvalue weighted by Gasteiger charge is 2.32. The number of hydrogen-bond donors (Lipinski definition) is 2. The molecule has 128 valence electrons. The molecule has 1 heterocycles. The third-order valence-corrected chi connectivity index (χ3v) is 4.31. The number of carboxylic acids is 1. The summed E-state index contributed by atoms with van der Waals surface area (Å²) in [6.45, 7) is 9.31. The Kier molecular flexibility index (Phi) is 6.55. The molecule has 2 atom stereocenters.